The minimum Gasteiger partial charge on any atom is -0.508 e. The summed E-state index contributed by atoms with van der Waals surface area (Å²) in [5.41, 5.74) is 1.96. The van der Waals surface area contributed by atoms with Gasteiger partial charge in [0.1, 0.15) is 28.6 Å². The fourth-order valence-corrected chi connectivity index (χ4v) is 3.01. The molecule has 4 rings (SSSR count). The van der Waals surface area contributed by atoms with Gasteiger partial charge in [0.05, 0.1) is 12.7 Å². The molecule has 27 heavy (non-hydrogen) atoms. The van der Waals surface area contributed by atoms with Crippen LogP contribution >= 0.6 is 0 Å². The average molecular weight is 360 g/mol. The molecule has 134 valence electrons. The zero-order valence-electron chi connectivity index (χ0n) is 14.5. The van der Waals surface area contributed by atoms with Crippen molar-refractivity contribution in [1.29, 1.82) is 0 Å². The van der Waals surface area contributed by atoms with Gasteiger partial charge in [-0.15, -0.1) is 0 Å². The summed E-state index contributed by atoms with van der Waals surface area (Å²) in [5, 5.41) is 19.9. The highest BCUT2D eigenvalue weighted by Gasteiger charge is 2.23. The molecule has 1 heterocycles. The molecule has 0 saturated heterocycles. The van der Waals surface area contributed by atoms with Crippen LogP contribution in [0.15, 0.2) is 71.1 Å². The normalized spacial score (nSPS) is 10.9. The van der Waals surface area contributed by atoms with Crippen LogP contribution in [-0.2, 0) is 0 Å². The van der Waals surface area contributed by atoms with Gasteiger partial charge in [-0.1, -0.05) is 0 Å². The van der Waals surface area contributed by atoms with Crippen molar-refractivity contribution >= 4 is 16.8 Å². The van der Waals surface area contributed by atoms with E-state index < -0.39 is 0 Å². The zero-order chi connectivity index (χ0) is 19.0. The second-order valence-electron chi connectivity index (χ2n) is 6.09. The third-order valence-corrected chi connectivity index (χ3v) is 4.38. The minimum absolute atomic E-state index is 0.0527. The Labute approximate surface area is 155 Å². The van der Waals surface area contributed by atoms with Crippen molar-refractivity contribution in [3.63, 3.8) is 0 Å². The summed E-state index contributed by atoms with van der Waals surface area (Å²) in [4.78, 5) is 13.3. The van der Waals surface area contributed by atoms with Crippen LogP contribution in [0.1, 0.15) is 15.9 Å². The van der Waals surface area contributed by atoms with Gasteiger partial charge in [0, 0.05) is 22.6 Å². The summed E-state index contributed by atoms with van der Waals surface area (Å²) in [6.07, 6.45) is 0. The number of aromatic hydroxyl groups is 2. The third-order valence-electron chi connectivity index (χ3n) is 4.38. The molecule has 0 atom stereocenters. The van der Waals surface area contributed by atoms with Crippen LogP contribution in [0, 0.1) is 0 Å². The van der Waals surface area contributed by atoms with E-state index in [1.54, 1.807) is 49.6 Å². The number of ether oxygens (including phenoxy) is 1. The predicted octanol–water partition coefficient (Wildman–Crippen LogP) is 4.75. The largest absolute Gasteiger partial charge is 0.508 e. The maximum atomic E-state index is 13.3. The first-order valence-electron chi connectivity index (χ1n) is 8.30. The quantitative estimate of drug-likeness (QED) is 0.513. The van der Waals surface area contributed by atoms with Crippen molar-refractivity contribution < 1.29 is 24.2 Å². The van der Waals surface area contributed by atoms with E-state index in [2.05, 4.69) is 0 Å². The first kappa shape index (κ1) is 16.7. The number of phenolic OH excluding ortho intramolecular Hbond substituents is 2. The molecular weight excluding hydrogens is 344 g/mol. The third kappa shape index (κ3) is 3.00. The van der Waals surface area contributed by atoms with Gasteiger partial charge in [-0.05, 0) is 60.7 Å². The smallest absolute Gasteiger partial charge is 0.197 e. The van der Waals surface area contributed by atoms with E-state index >= 15 is 0 Å². The molecule has 0 bridgehead atoms. The van der Waals surface area contributed by atoms with Crippen LogP contribution in [0.25, 0.3) is 22.3 Å². The lowest BCUT2D eigenvalue weighted by molar-refractivity contribution is 0.104. The Morgan fingerprint density at radius 2 is 1.56 bits per heavy atom. The molecule has 4 aromatic rings. The molecule has 0 amide bonds. The number of phenols is 2. The number of methoxy groups -OCH3 is 1. The highest BCUT2D eigenvalue weighted by molar-refractivity contribution is 6.19. The lowest BCUT2D eigenvalue weighted by Gasteiger charge is -2.05. The molecule has 0 fully saturated rings. The second-order valence-corrected chi connectivity index (χ2v) is 6.09. The molecule has 0 radical (unpaired) electrons. The summed E-state index contributed by atoms with van der Waals surface area (Å²) in [6.45, 7) is 0. The van der Waals surface area contributed by atoms with E-state index in [4.69, 9.17) is 9.15 Å². The summed E-state index contributed by atoms with van der Waals surface area (Å²) in [5.74, 6) is 1.02. The van der Waals surface area contributed by atoms with E-state index in [9.17, 15) is 15.0 Å². The monoisotopic (exact) mass is 360 g/mol. The van der Waals surface area contributed by atoms with E-state index in [0.717, 1.165) is 0 Å². The number of ketones is 1. The zero-order valence-corrected chi connectivity index (χ0v) is 14.5. The summed E-state index contributed by atoms with van der Waals surface area (Å²) in [6, 6.07) is 17.9. The van der Waals surface area contributed by atoms with Crippen molar-refractivity contribution in [2.75, 3.05) is 7.11 Å². The van der Waals surface area contributed by atoms with Crippen LogP contribution in [0.5, 0.6) is 17.2 Å². The Bertz CT molecular complexity index is 1120. The van der Waals surface area contributed by atoms with Gasteiger partial charge in [-0.25, -0.2) is 0 Å². The highest BCUT2D eigenvalue weighted by atomic mass is 16.5. The maximum Gasteiger partial charge on any atom is 0.197 e. The number of hydrogen-bond donors (Lipinski definition) is 2. The SMILES string of the molecule is COc1ccc(C(=O)c2c(-c3ccc(O)cc3)oc3cc(O)ccc23)cc1. The first-order chi connectivity index (χ1) is 13.1. The van der Waals surface area contributed by atoms with E-state index in [0.29, 0.717) is 39.2 Å². The van der Waals surface area contributed by atoms with Gasteiger partial charge < -0.3 is 19.4 Å². The standard InChI is InChI=1S/C22H16O5/c1-26-17-9-4-13(5-10-17)21(25)20-18-11-8-16(24)12-19(18)27-22(20)14-2-6-15(23)7-3-14/h2-12,23-24H,1H3. The van der Waals surface area contributed by atoms with Crippen LogP contribution in [0.2, 0.25) is 0 Å². The van der Waals surface area contributed by atoms with Crippen LogP contribution in [-0.4, -0.2) is 23.1 Å². The Morgan fingerprint density at radius 1 is 0.889 bits per heavy atom. The second kappa shape index (κ2) is 6.53. The van der Waals surface area contributed by atoms with Crippen molar-refractivity contribution in [1.82, 2.24) is 0 Å². The van der Waals surface area contributed by atoms with Crippen LogP contribution < -0.4 is 4.74 Å². The van der Waals surface area contributed by atoms with Gasteiger partial charge in [0.25, 0.3) is 0 Å². The molecule has 0 aliphatic heterocycles. The molecule has 0 unspecified atom stereocenters. The molecule has 5 nitrogen and oxygen atoms in total. The number of benzene rings is 3. The molecule has 0 aliphatic rings. The lowest BCUT2D eigenvalue weighted by atomic mass is 9.97. The minimum atomic E-state index is -0.204. The van der Waals surface area contributed by atoms with Crippen molar-refractivity contribution in [3.8, 4) is 28.6 Å². The molecule has 5 heteroatoms. The first-order valence-corrected chi connectivity index (χ1v) is 8.30. The fraction of sp³-hybridized carbons (Fsp3) is 0.0455. The number of rotatable bonds is 4. The predicted molar refractivity (Wildman–Crippen MR) is 101 cm³/mol. The number of carbonyl (C=O) groups excluding carboxylic acids is 1. The number of hydrogen-bond acceptors (Lipinski definition) is 5. The summed E-state index contributed by atoms with van der Waals surface area (Å²) in [7, 11) is 1.57. The Morgan fingerprint density at radius 3 is 2.22 bits per heavy atom. The van der Waals surface area contributed by atoms with Crippen LogP contribution in [0.4, 0.5) is 0 Å². The summed E-state index contributed by atoms with van der Waals surface area (Å²) < 4.78 is 11.1. The number of furan rings is 1. The Kier molecular flexibility index (Phi) is 4.05. The van der Waals surface area contributed by atoms with Crippen molar-refractivity contribution in [2.24, 2.45) is 0 Å². The molecule has 3 aromatic carbocycles. The molecular formula is C22H16O5. The molecule has 0 saturated carbocycles. The van der Waals surface area contributed by atoms with Crippen molar-refractivity contribution in [2.45, 2.75) is 0 Å². The molecule has 2 N–H and O–H groups in total. The van der Waals surface area contributed by atoms with Gasteiger partial charge in [0.15, 0.2) is 5.78 Å². The maximum absolute atomic E-state index is 13.3. The van der Waals surface area contributed by atoms with E-state index in [1.807, 2.05) is 0 Å². The number of fused-ring (bicyclic) bond motifs is 1. The molecule has 0 spiro atoms. The Hall–Kier alpha value is -3.73. The van der Waals surface area contributed by atoms with Gasteiger partial charge >= 0.3 is 0 Å². The van der Waals surface area contributed by atoms with Crippen molar-refractivity contribution in [3.05, 3.63) is 77.9 Å². The average Bonchev–Trinajstić information content (AvgIpc) is 3.06. The Balaban J connectivity index is 1.92. The van der Waals surface area contributed by atoms with Gasteiger partial charge in [-0.2, -0.15) is 0 Å². The van der Waals surface area contributed by atoms with E-state index in [1.165, 1.54) is 24.3 Å². The topological polar surface area (TPSA) is 79.9 Å². The van der Waals surface area contributed by atoms with Gasteiger partial charge in [-0.3, -0.25) is 4.79 Å². The highest BCUT2D eigenvalue weighted by Crippen LogP contribution is 2.37. The molecule has 1 aromatic heterocycles. The number of carbonyl (C=O) groups is 1. The summed E-state index contributed by atoms with van der Waals surface area (Å²) >= 11 is 0. The van der Waals surface area contributed by atoms with E-state index in [-0.39, 0.29) is 17.3 Å². The fourth-order valence-electron chi connectivity index (χ4n) is 3.01. The molecule has 0 aliphatic carbocycles. The van der Waals surface area contributed by atoms with Gasteiger partial charge in [0.2, 0.25) is 0 Å². The lowest BCUT2D eigenvalue weighted by Crippen LogP contribution is -2.02. The van der Waals surface area contributed by atoms with Crippen LogP contribution in [0.3, 0.4) is 0 Å².